The lowest BCUT2D eigenvalue weighted by Gasteiger charge is -2.30. The molecular formula is C34H45N5O5S. The van der Waals surface area contributed by atoms with Crippen molar-refractivity contribution in [3.8, 4) is 29.0 Å². The van der Waals surface area contributed by atoms with Gasteiger partial charge >= 0.3 is 0 Å². The fourth-order valence-corrected chi connectivity index (χ4v) is 6.05. The molecule has 2 aromatic heterocycles. The maximum atomic E-state index is 14.2. The summed E-state index contributed by atoms with van der Waals surface area (Å²) in [4.78, 5) is 35.4. The molecule has 3 rings (SSSR count). The van der Waals surface area contributed by atoms with Gasteiger partial charge in [0.1, 0.15) is 17.4 Å². The average Bonchev–Trinajstić information content (AvgIpc) is 3.43. The SMILES string of the molecule is C=c1c(C#N)c(O)n(N(CC)C(=O)C(C)(C)C)c(=O)/c1=C/c1sc(N(CCCC)CCCC)nc1-c1c(CO)cccc1OC. The number of pyridine rings is 1. The van der Waals surface area contributed by atoms with E-state index in [9.17, 15) is 25.1 Å². The summed E-state index contributed by atoms with van der Waals surface area (Å²) in [5.74, 6) is -0.545. The number of aliphatic hydroxyl groups is 1. The van der Waals surface area contributed by atoms with Crippen LogP contribution in [0.25, 0.3) is 23.9 Å². The summed E-state index contributed by atoms with van der Waals surface area (Å²) in [7, 11) is 1.54. The molecule has 0 aliphatic heterocycles. The van der Waals surface area contributed by atoms with Crippen LogP contribution < -0.4 is 30.6 Å². The van der Waals surface area contributed by atoms with Crippen molar-refractivity contribution >= 4 is 35.0 Å². The highest BCUT2D eigenvalue weighted by atomic mass is 32.1. The van der Waals surface area contributed by atoms with E-state index in [1.165, 1.54) is 11.3 Å². The zero-order chi connectivity index (χ0) is 33.5. The van der Waals surface area contributed by atoms with Crippen molar-refractivity contribution in [2.24, 2.45) is 5.41 Å². The molecule has 2 N–H and O–H groups in total. The second-order valence-electron chi connectivity index (χ2n) is 11.8. The number of aliphatic hydroxyl groups excluding tert-OH is 1. The summed E-state index contributed by atoms with van der Waals surface area (Å²) in [6.45, 7) is 16.5. The normalized spacial score (nSPS) is 11.8. The first-order valence-electron chi connectivity index (χ1n) is 15.3. The third-order valence-electron chi connectivity index (χ3n) is 7.49. The lowest BCUT2D eigenvalue weighted by molar-refractivity contribution is -0.127. The Kier molecular flexibility index (Phi) is 12.0. The second-order valence-corrected chi connectivity index (χ2v) is 12.8. The van der Waals surface area contributed by atoms with Gasteiger partial charge in [-0.1, -0.05) is 77.5 Å². The van der Waals surface area contributed by atoms with Crippen molar-refractivity contribution in [3.05, 3.63) is 55.0 Å². The van der Waals surface area contributed by atoms with Crippen molar-refractivity contribution in [2.75, 3.05) is 36.7 Å². The fourth-order valence-electron chi connectivity index (χ4n) is 4.98. The number of nitriles is 1. The highest BCUT2D eigenvalue weighted by Crippen LogP contribution is 2.40. The highest BCUT2D eigenvalue weighted by Gasteiger charge is 2.31. The van der Waals surface area contributed by atoms with Crippen molar-refractivity contribution in [3.63, 3.8) is 0 Å². The van der Waals surface area contributed by atoms with Crippen LogP contribution in [-0.4, -0.2) is 52.5 Å². The van der Waals surface area contributed by atoms with E-state index in [1.807, 2.05) is 6.07 Å². The van der Waals surface area contributed by atoms with Crippen molar-refractivity contribution in [2.45, 2.75) is 73.8 Å². The molecule has 0 radical (unpaired) electrons. The molecule has 0 saturated heterocycles. The number of hydrogen-bond acceptors (Lipinski definition) is 9. The Morgan fingerprint density at radius 1 is 1.20 bits per heavy atom. The van der Waals surface area contributed by atoms with Crippen LogP contribution in [-0.2, 0) is 11.4 Å². The third-order valence-corrected chi connectivity index (χ3v) is 8.56. The zero-order valence-electron chi connectivity index (χ0n) is 27.4. The largest absolute Gasteiger partial charge is 0.496 e. The quantitative estimate of drug-likeness (QED) is 0.285. The van der Waals surface area contributed by atoms with E-state index < -0.39 is 22.8 Å². The first-order chi connectivity index (χ1) is 21.4. The van der Waals surface area contributed by atoms with Crippen LogP contribution in [0.5, 0.6) is 11.6 Å². The van der Waals surface area contributed by atoms with Gasteiger partial charge in [-0.3, -0.25) is 9.59 Å². The van der Waals surface area contributed by atoms with Gasteiger partial charge in [-0.2, -0.15) is 9.94 Å². The smallest absolute Gasteiger partial charge is 0.280 e. The Hall–Kier alpha value is -4.14. The van der Waals surface area contributed by atoms with E-state index in [0.717, 1.165) is 53.6 Å². The van der Waals surface area contributed by atoms with E-state index in [-0.39, 0.29) is 29.2 Å². The van der Waals surface area contributed by atoms with Gasteiger partial charge in [0.05, 0.1) is 29.5 Å². The molecule has 2 heterocycles. The molecule has 0 bridgehead atoms. The maximum absolute atomic E-state index is 14.2. The minimum Gasteiger partial charge on any atom is -0.496 e. The molecule has 11 heteroatoms. The zero-order valence-corrected chi connectivity index (χ0v) is 28.3. The summed E-state index contributed by atoms with van der Waals surface area (Å²) in [6.07, 6.45) is 5.58. The number of aromatic nitrogens is 2. The van der Waals surface area contributed by atoms with Gasteiger partial charge in [-0.15, -0.1) is 0 Å². The number of rotatable bonds is 13. The monoisotopic (exact) mass is 635 g/mol. The molecule has 0 unspecified atom stereocenters. The topological polar surface area (TPSA) is 132 Å². The summed E-state index contributed by atoms with van der Waals surface area (Å²) in [6, 6.07) is 7.33. The van der Waals surface area contributed by atoms with E-state index in [0.29, 0.717) is 27.4 Å². The molecule has 10 nitrogen and oxygen atoms in total. The number of aromatic hydroxyl groups is 1. The van der Waals surface area contributed by atoms with E-state index >= 15 is 0 Å². The van der Waals surface area contributed by atoms with Crippen LogP contribution in [0.4, 0.5) is 5.13 Å². The molecular weight excluding hydrogens is 590 g/mol. The first-order valence-corrected chi connectivity index (χ1v) is 16.1. The van der Waals surface area contributed by atoms with Gasteiger partial charge < -0.3 is 19.8 Å². The number of thiazole rings is 1. The number of nitrogens with zero attached hydrogens (tertiary/aromatic N) is 5. The van der Waals surface area contributed by atoms with Crippen LogP contribution in [0.1, 0.15) is 83.2 Å². The Morgan fingerprint density at radius 2 is 1.84 bits per heavy atom. The number of benzene rings is 1. The van der Waals surface area contributed by atoms with Gasteiger partial charge in [0.15, 0.2) is 5.13 Å². The Bertz CT molecular complexity index is 1700. The summed E-state index contributed by atoms with van der Waals surface area (Å²) < 4.78 is 6.56. The molecule has 0 aliphatic rings. The number of carbonyl (C=O) groups excluding carboxylic acids is 1. The molecule has 0 fully saturated rings. The molecule has 45 heavy (non-hydrogen) atoms. The Balaban J connectivity index is 2.49. The fraction of sp³-hybridized carbons (Fsp3) is 0.471. The van der Waals surface area contributed by atoms with Gasteiger partial charge in [-0.05, 0) is 37.5 Å². The molecule has 0 saturated carbocycles. The first kappa shape index (κ1) is 35.3. The van der Waals surface area contributed by atoms with E-state index in [4.69, 9.17) is 9.72 Å². The number of amides is 1. The number of anilines is 1. The predicted molar refractivity (Wildman–Crippen MR) is 181 cm³/mol. The Morgan fingerprint density at radius 3 is 2.36 bits per heavy atom. The number of methoxy groups -OCH3 is 1. The predicted octanol–water partition coefficient (Wildman–Crippen LogP) is 4.23. The molecule has 1 amide bonds. The van der Waals surface area contributed by atoms with Crippen molar-refractivity contribution < 1.29 is 19.7 Å². The van der Waals surface area contributed by atoms with Crippen molar-refractivity contribution in [1.29, 1.82) is 5.26 Å². The maximum Gasteiger partial charge on any atom is 0.280 e. The minimum absolute atomic E-state index is 0.0349. The van der Waals surface area contributed by atoms with E-state index in [2.05, 4.69) is 25.3 Å². The van der Waals surface area contributed by atoms with Crippen LogP contribution in [0.3, 0.4) is 0 Å². The number of hydrogen-bond donors (Lipinski definition) is 2. The summed E-state index contributed by atoms with van der Waals surface area (Å²) >= 11 is 1.38. The van der Waals surface area contributed by atoms with Gasteiger partial charge in [0, 0.05) is 35.8 Å². The van der Waals surface area contributed by atoms with Crippen LogP contribution >= 0.6 is 11.3 Å². The Labute approximate surface area is 269 Å². The van der Waals surface area contributed by atoms with Crippen LogP contribution in [0.2, 0.25) is 0 Å². The molecule has 0 spiro atoms. The molecule has 242 valence electrons. The average molecular weight is 636 g/mol. The van der Waals surface area contributed by atoms with Gasteiger partial charge in [0.2, 0.25) is 11.8 Å². The molecule has 3 aromatic rings. The molecule has 0 atom stereocenters. The van der Waals surface area contributed by atoms with Gasteiger partial charge in [0.25, 0.3) is 5.56 Å². The summed E-state index contributed by atoms with van der Waals surface area (Å²) in [5.41, 5.74) is -0.0960. The van der Waals surface area contributed by atoms with Crippen LogP contribution in [0.15, 0.2) is 23.0 Å². The van der Waals surface area contributed by atoms with E-state index in [1.54, 1.807) is 59.1 Å². The van der Waals surface area contributed by atoms with Gasteiger partial charge in [-0.25, -0.2) is 9.99 Å². The lowest BCUT2D eigenvalue weighted by Crippen LogP contribution is -2.56. The summed E-state index contributed by atoms with van der Waals surface area (Å²) in [5, 5.41) is 33.4. The number of ether oxygens (including phenoxy) is 1. The highest BCUT2D eigenvalue weighted by molar-refractivity contribution is 7.16. The third kappa shape index (κ3) is 7.40. The lowest BCUT2D eigenvalue weighted by atomic mass is 9.95. The standard InChI is InChI=1S/C34H45N5O5S/c1-9-12-17-37(18-13-10-2)33-36-29(28-23(21-40)15-14-16-26(28)44-8)27(45-33)19-24-22(4)25(20-35)31(42)39(30(24)41)38(11-3)32(43)34(5,6)7/h14-16,19,40,42H,4,9-13,17-18,21H2,1-3,5-8H3/b24-19+. The number of unbranched alkanes of at least 4 members (excludes halogenated alkanes) is 2. The number of carbonyl (C=O) groups is 1. The molecule has 0 aliphatic carbocycles. The van der Waals surface area contributed by atoms with Crippen LogP contribution in [0, 0.1) is 16.7 Å². The molecule has 1 aromatic carbocycles. The minimum atomic E-state index is -0.869. The second kappa shape index (κ2) is 15.2. The van der Waals surface area contributed by atoms with Crippen molar-refractivity contribution in [1.82, 2.24) is 9.66 Å².